The number of esters is 1. The van der Waals surface area contributed by atoms with Crippen LogP contribution in [-0.4, -0.2) is 12.6 Å². The Kier molecular flexibility index (Phi) is 4.66. The molecule has 0 aromatic heterocycles. The lowest BCUT2D eigenvalue weighted by atomic mass is 10.4. The molecule has 0 unspecified atom stereocenters. The van der Waals surface area contributed by atoms with Gasteiger partial charge in [-0.15, -0.1) is 0 Å². The van der Waals surface area contributed by atoms with Crippen molar-refractivity contribution in [2.24, 2.45) is 0 Å². The fraction of sp³-hybridized carbons (Fsp3) is 0.200. The normalized spacial score (nSPS) is 9.00. The molecule has 0 spiro atoms. The molecule has 2 nitrogen and oxygen atoms in total. The van der Waals surface area contributed by atoms with Crippen molar-refractivity contribution < 1.29 is 9.53 Å². The van der Waals surface area contributed by atoms with E-state index in [2.05, 4.69) is 21.1 Å². The van der Waals surface area contributed by atoms with Gasteiger partial charge in [0.15, 0.2) is 0 Å². The van der Waals surface area contributed by atoms with Crippen molar-refractivity contribution in [3.63, 3.8) is 0 Å². The van der Waals surface area contributed by atoms with Gasteiger partial charge in [-0.25, -0.2) is 4.79 Å². The molecular weight excluding hydrogens is 264 g/mol. The Hall–Kier alpha value is -0.830. The Morgan fingerprint density at radius 2 is 2.14 bits per heavy atom. The summed E-state index contributed by atoms with van der Waals surface area (Å²) >= 11 is 4.56. The molecule has 0 heterocycles. The van der Waals surface area contributed by atoms with Gasteiger partial charge in [-0.1, -0.05) is 27.1 Å². The number of ether oxygens (including phenoxy) is 1. The molecule has 0 aliphatic rings. The van der Waals surface area contributed by atoms with Gasteiger partial charge in [-0.3, -0.25) is 0 Å². The van der Waals surface area contributed by atoms with E-state index in [1.807, 2.05) is 24.3 Å². The minimum Gasteiger partial charge on any atom is -0.456 e. The van der Waals surface area contributed by atoms with E-state index in [4.69, 9.17) is 4.74 Å². The molecule has 4 heteroatoms. The van der Waals surface area contributed by atoms with E-state index in [0.29, 0.717) is 6.61 Å². The van der Waals surface area contributed by atoms with Crippen molar-refractivity contribution in [2.45, 2.75) is 11.8 Å². The lowest BCUT2D eigenvalue weighted by Gasteiger charge is -1.92. The summed E-state index contributed by atoms with van der Waals surface area (Å²) in [6.45, 7) is 2.15. The Morgan fingerprint density at radius 3 is 2.71 bits per heavy atom. The third-order valence-corrected chi connectivity index (χ3v) is 2.65. The predicted molar refractivity (Wildman–Crippen MR) is 60.5 cm³/mol. The van der Waals surface area contributed by atoms with Crippen LogP contribution in [0.2, 0.25) is 0 Å². The molecular formula is C10H9BrO2S. The van der Waals surface area contributed by atoms with Crippen LogP contribution < -0.4 is 0 Å². The largest absolute Gasteiger partial charge is 0.456 e. The minimum absolute atomic E-state index is 0.382. The minimum atomic E-state index is -0.416. The van der Waals surface area contributed by atoms with Crippen molar-refractivity contribution in [3.8, 4) is 5.18 Å². The van der Waals surface area contributed by atoms with Gasteiger partial charge in [0.25, 0.3) is 0 Å². The lowest BCUT2D eigenvalue weighted by molar-refractivity contribution is -0.136. The molecule has 0 bridgehead atoms. The van der Waals surface area contributed by atoms with Crippen molar-refractivity contribution in [2.75, 3.05) is 6.61 Å². The van der Waals surface area contributed by atoms with Crippen molar-refractivity contribution in [1.82, 2.24) is 0 Å². The Labute approximate surface area is 95.0 Å². The molecule has 0 radical (unpaired) electrons. The van der Waals surface area contributed by atoms with Crippen LogP contribution in [0.15, 0.2) is 33.6 Å². The summed E-state index contributed by atoms with van der Waals surface area (Å²) in [5.41, 5.74) is 0. The van der Waals surface area contributed by atoms with E-state index >= 15 is 0 Å². The average molecular weight is 273 g/mol. The van der Waals surface area contributed by atoms with Gasteiger partial charge in [0.05, 0.1) is 6.61 Å². The van der Waals surface area contributed by atoms with Crippen LogP contribution in [0, 0.1) is 5.18 Å². The third kappa shape index (κ3) is 3.92. The fourth-order valence-corrected chi connectivity index (χ4v) is 1.56. The lowest BCUT2D eigenvalue weighted by Crippen LogP contribution is -1.98. The Morgan fingerprint density at radius 1 is 1.50 bits per heavy atom. The number of carbonyl (C=O) groups is 1. The van der Waals surface area contributed by atoms with E-state index in [1.165, 1.54) is 11.2 Å². The summed E-state index contributed by atoms with van der Waals surface area (Å²) in [4.78, 5) is 11.9. The summed E-state index contributed by atoms with van der Waals surface area (Å²) in [6, 6.07) is 7.63. The van der Waals surface area contributed by atoms with Crippen molar-refractivity contribution >= 4 is 33.1 Å². The summed E-state index contributed by atoms with van der Waals surface area (Å²) in [5, 5.41) is 2.56. The number of halogens is 1. The van der Waals surface area contributed by atoms with E-state index in [0.717, 1.165) is 9.37 Å². The first-order chi connectivity index (χ1) is 6.72. The number of rotatable bonds is 1. The molecule has 0 atom stereocenters. The van der Waals surface area contributed by atoms with Gasteiger partial charge >= 0.3 is 5.97 Å². The second-order valence-corrected chi connectivity index (χ2v) is 4.17. The molecule has 0 saturated heterocycles. The molecule has 0 N–H and O–H groups in total. The molecule has 74 valence electrons. The van der Waals surface area contributed by atoms with E-state index in [1.54, 1.807) is 6.92 Å². The van der Waals surface area contributed by atoms with Crippen molar-refractivity contribution in [3.05, 3.63) is 28.7 Å². The maximum absolute atomic E-state index is 10.9. The van der Waals surface area contributed by atoms with Gasteiger partial charge in [0.1, 0.15) is 0 Å². The zero-order valence-corrected chi connectivity index (χ0v) is 10.0. The number of benzene rings is 1. The number of carbonyl (C=O) groups excluding carboxylic acids is 1. The van der Waals surface area contributed by atoms with Gasteiger partial charge < -0.3 is 4.74 Å². The zero-order chi connectivity index (χ0) is 10.4. The molecule has 0 fully saturated rings. The van der Waals surface area contributed by atoms with Crippen LogP contribution in [0.4, 0.5) is 0 Å². The van der Waals surface area contributed by atoms with Crippen LogP contribution in [0.5, 0.6) is 0 Å². The number of hydrogen-bond donors (Lipinski definition) is 0. The van der Waals surface area contributed by atoms with E-state index < -0.39 is 5.97 Å². The first kappa shape index (κ1) is 11.2. The van der Waals surface area contributed by atoms with Crippen LogP contribution >= 0.6 is 27.1 Å². The predicted octanol–water partition coefficient (Wildman–Crippen LogP) is 3.06. The van der Waals surface area contributed by atoms with Gasteiger partial charge in [0, 0.05) is 14.6 Å². The highest BCUT2D eigenvalue weighted by Crippen LogP contribution is 2.14. The molecule has 0 amide bonds. The van der Waals surface area contributed by atoms with E-state index in [9.17, 15) is 4.79 Å². The van der Waals surface area contributed by atoms with Crippen LogP contribution in [0.25, 0.3) is 0 Å². The second kappa shape index (κ2) is 5.81. The highest BCUT2D eigenvalue weighted by molar-refractivity contribution is 9.10. The molecule has 1 rings (SSSR count). The first-order valence-corrected chi connectivity index (χ1v) is 5.68. The quantitative estimate of drug-likeness (QED) is 0.735. The molecule has 0 aliphatic carbocycles. The fourth-order valence-electron chi connectivity index (χ4n) is 0.764. The SMILES string of the molecule is CCOC(=O)C#Sc1ccc(Br)cc1. The monoisotopic (exact) mass is 272 g/mol. The molecule has 1 aromatic rings. The highest BCUT2D eigenvalue weighted by atomic mass is 79.9. The first-order valence-electron chi connectivity index (χ1n) is 4.07. The summed E-state index contributed by atoms with van der Waals surface area (Å²) in [7, 11) is 0. The zero-order valence-electron chi connectivity index (χ0n) is 7.62. The Bertz CT molecular complexity index is 375. The average Bonchev–Trinajstić information content (AvgIpc) is 2.17. The summed E-state index contributed by atoms with van der Waals surface area (Å²) < 4.78 is 5.72. The second-order valence-electron chi connectivity index (χ2n) is 2.38. The third-order valence-electron chi connectivity index (χ3n) is 1.34. The molecule has 0 saturated carbocycles. The van der Waals surface area contributed by atoms with Crippen LogP contribution in [0.1, 0.15) is 6.92 Å². The van der Waals surface area contributed by atoms with E-state index in [-0.39, 0.29) is 0 Å². The Balaban J connectivity index is 2.68. The summed E-state index contributed by atoms with van der Waals surface area (Å²) in [6.07, 6.45) is 0. The highest BCUT2D eigenvalue weighted by Gasteiger charge is 1.92. The van der Waals surface area contributed by atoms with Gasteiger partial charge in [-0.2, -0.15) is 0 Å². The topological polar surface area (TPSA) is 26.3 Å². The number of hydrogen-bond acceptors (Lipinski definition) is 2. The standard InChI is InChI=1S/C10H9BrO2S/c1-2-13-10(12)7-14-9-5-3-8(11)4-6-9/h3-6H,2H2,1H3. The van der Waals surface area contributed by atoms with Crippen LogP contribution in [0.3, 0.4) is 0 Å². The van der Waals surface area contributed by atoms with Crippen LogP contribution in [-0.2, 0) is 9.53 Å². The van der Waals surface area contributed by atoms with Crippen molar-refractivity contribution in [1.29, 1.82) is 0 Å². The summed E-state index contributed by atoms with van der Waals surface area (Å²) in [5.74, 6) is -0.416. The maximum Gasteiger partial charge on any atom is 0.386 e. The molecule has 14 heavy (non-hydrogen) atoms. The van der Waals surface area contributed by atoms with Gasteiger partial charge in [0.2, 0.25) is 0 Å². The van der Waals surface area contributed by atoms with Gasteiger partial charge in [-0.05, 0) is 31.2 Å². The smallest absolute Gasteiger partial charge is 0.386 e. The molecule has 0 aliphatic heterocycles. The maximum atomic E-state index is 10.9. The molecule has 1 aromatic carbocycles.